The van der Waals surface area contributed by atoms with E-state index in [0.29, 0.717) is 42.4 Å². The summed E-state index contributed by atoms with van der Waals surface area (Å²) in [4.78, 5) is 11.9. The Bertz CT molecular complexity index is 596. The summed E-state index contributed by atoms with van der Waals surface area (Å²) in [5, 5.41) is 20.8. The van der Waals surface area contributed by atoms with E-state index in [2.05, 4.69) is 20.8 Å². The van der Waals surface area contributed by atoms with Gasteiger partial charge in [0.25, 0.3) is 0 Å². The van der Waals surface area contributed by atoms with Crippen molar-refractivity contribution in [2.24, 2.45) is 40.4 Å². The second-order valence-corrected chi connectivity index (χ2v) is 10.0. The van der Waals surface area contributed by atoms with Gasteiger partial charge in [-0.05, 0) is 85.0 Å². The third-order valence-corrected chi connectivity index (χ3v) is 9.03. The molecule has 0 radical (unpaired) electrons. The van der Waals surface area contributed by atoms with Gasteiger partial charge in [-0.1, -0.05) is 26.3 Å². The van der Waals surface area contributed by atoms with Gasteiger partial charge in [-0.15, -0.1) is 0 Å². The zero-order valence-corrected chi connectivity index (χ0v) is 16.0. The maximum Gasteiger partial charge on any atom is 0.155 e. The molecule has 2 unspecified atom stereocenters. The van der Waals surface area contributed by atoms with E-state index in [1.54, 1.807) is 0 Å². The Morgan fingerprint density at radius 3 is 2.68 bits per heavy atom. The van der Waals surface area contributed by atoms with Gasteiger partial charge in [0.15, 0.2) is 5.78 Å². The summed E-state index contributed by atoms with van der Waals surface area (Å²) in [7, 11) is 0. The lowest BCUT2D eigenvalue weighted by Crippen LogP contribution is -2.55. The van der Waals surface area contributed by atoms with Crippen molar-refractivity contribution in [1.29, 1.82) is 0 Å². The van der Waals surface area contributed by atoms with Crippen molar-refractivity contribution in [2.45, 2.75) is 71.8 Å². The van der Waals surface area contributed by atoms with Crippen LogP contribution < -0.4 is 0 Å². The van der Waals surface area contributed by atoms with Gasteiger partial charge < -0.3 is 10.2 Å². The molecule has 0 saturated heterocycles. The topological polar surface area (TPSA) is 57.5 Å². The van der Waals surface area contributed by atoms with E-state index in [1.165, 1.54) is 24.8 Å². The van der Waals surface area contributed by atoms with Crippen LogP contribution in [0.15, 0.2) is 11.6 Å². The van der Waals surface area contributed by atoms with Crippen molar-refractivity contribution >= 4 is 5.78 Å². The van der Waals surface area contributed by atoms with Crippen molar-refractivity contribution in [3.8, 4) is 0 Å². The van der Waals surface area contributed by atoms with E-state index < -0.39 is 0 Å². The number of rotatable bonds is 2. The normalized spacial score (nSPS) is 50.5. The SMILES string of the molecule is C[C@H](CO)[C@H]1CCC2[C@H]3C(CC[C@@]21C)[C@@]1(C)CCC(=O)C=C1C[C@@H]3O. The highest BCUT2D eigenvalue weighted by molar-refractivity contribution is 5.91. The molecule has 0 heterocycles. The van der Waals surface area contributed by atoms with E-state index in [0.717, 1.165) is 12.8 Å². The van der Waals surface area contributed by atoms with Gasteiger partial charge in [-0.2, -0.15) is 0 Å². The fourth-order valence-corrected chi connectivity index (χ4v) is 7.63. The Hall–Kier alpha value is -0.670. The first-order valence-corrected chi connectivity index (χ1v) is 10.3. The number of ketones is 1. The largest absolute Gasteiger partial charge is 0.396 e. The summed E-state index contributed by atoms with van der Waals surface area (Å²) in [5.74, 6) is 2.62. The average molecular weight is 347 g/mol. The second-order valence-electron chi connectivity index (χ2n) is 10.0. The van der Waals surface area contributed by atoms with Crippen LogP contribution in [-0.4, -0.2) is 28.7 Å². The number of aliphatic hydroxyl groups is 2. The van der Waals surface area contributed by atoms with E-state index in [9.17, 15) is 15.0 Å². The molecule has 3 saturated carbocycles. The van der Waals surface area contributed by atoms with Crippen molar-refractivity contribution in [3.05, 3.63) is 11.6 Å². The van der Waals surface area contributed by atoms with Crippen LogP contribution in [0.3, 0.4) is 0 Å². The fraction of sp³-hybridized carbons (Fsp3) is 0.864. The maximum absolute atomic E-state index is 11.9. The van der Waals surface area contributed by atoms with Gasteiger partial charge in [-0.25, -0.2) is 0 Å². The summed E-state index contributed by atoms with van der Waals surface area (Å²) in [6, 6.07) is 0. The smallest absolute Gasteiger partial charge is 0.155 e. The zero-order chi connectivity index (χ0) is 18.0. The van der Waals surface area contributed by atoms with Crippen LogP contribution >= 0.6 is 0 Å². The summed E-state index contributed by atoms with van der Waals surface area (Å²) < 4.78 is 0. The minimum atomic E-state index is -0.303. The molecule has 0 amide bonds. The molecule has 0 aromatic carbocycles. The zero-order valence-electron chi connectivity index (χ0n) is 16.0. The first kappa shape index (κ1) is 17.7. The molecule has 25 heavy (non-hydrogen) atoms. The second kappa shape index (κ2) is 5.92. The highest BCUT2D eigenvalue weighted by Crippen LogP contribution is 2.67. The van der Waals surface area contributed by atoms with Crippen LogP contribution in [0.4, 0.5) is 0 Å². The van der Waals surface area contributed by atoms with Crippen LogP contribution in [0, 0.1) is 40.4 Å². The van der Waals surface area contributed by atoms with E-state index in [4.69, 9.17) is 0 Å². The Labute approximate surface area is 151 Å². The van der Waals surface area contributed by atoms with Crippen LogP contribution in [0.5, 0.6) is 0 Å². The van der Waals surface area contributed by atoms with Crippen molar-refractivity contribution in [3.63, 3.8) is 0 Å². The Morgan fingerprint density at radius 1 is 1.20 bits per heavy atom. The third kappa shape index (κ3) is 2.41. The van der Waals surface area contributed by atoms with Crippen molar-refractivity contribution < 1.29 is 15.0 Å². The predicted octanol–water partition coefficient (Wildman–Crippen LogP) is 3.73. The molecule has 0 aliphatic heterocycles. The summed E-state index contributed by atoms with van der Waals surface area (Å²) in [6.45, 7) is 7.26. The molecule has 3 heteroatoms. The van der Waals surface area contributed by atoms with Crippen LogP contribution in [0.25, 0.3) is 0 Å². The van der Waals surface area contributed by atoms with Gasteiger partial charge in [0, 0.05) is 13.0 Å². The van der Waals surface area contributed by atoms with Gasteiger partial charge in [0.05, 0.1) is 6.10 Å². The third-order valence-electron chi connectivity index (χ3n) is 9.03. The summed E-state index contributed by atoms with van der Waals surface area (Å²) in [6.07, 6.45) is 8.63. The van der Waals surface area contributed by atoms with Gasteiger partial charge in [-0.3, -0.25) is 4.79 Å². The molecule has 2 N–H and O–H groups in total. The lowest BCUT2D eigenvalue weighted by atomic mass is 9.46. The van der Waals surface area contributed by atoms with Crippen LogP contribution in [0.1, 0.15) is 65.7 Å². The number of hydrogen-bond acceptors (Lipinski definition) is 3. The molecule has 140 valence electrons. The molecule has 3 fully saturated rings. The van der Waals surface area contributed by atoms with Crippen molar-refractivity contribution in [2.75, 3.05) is 6.61 Å². The molecule has 4 rings (SSSR count). The number of aliphatic hydroxyl groups excluding tert-OH is 2. The number of carbonyl (C=O) groups excluding carboxylic acids is 1. The number of fused-ring (bicyclic) bond motifs is 5. The van der Waals surface area contributed by atoms with Crippen molar-refractivity contribution in [1.82, 2.24) is 0 Å². The lowest BCUT2D eigenvalue weighted by molar-refractivity contribution is -0.125. The number of carbonyl (C=O) groups is 1. The molecule has 0 aromatic heterocycles. The Kier molecular flexibility index (Phi) is 4.20. The standard InChI is InChI=1S/C22H34O3/c1-13(12-23)16-4-5-17-20-18(7-9-22(16,17)3)21(2)8-6-15(24)10-14(21)11-19(20)25/h10,13,16-20,23,25H,4-9,11-12H2,1-3H3/t13-,16-,17?,18?,19+,20+,21+,22-/m1/s1. The van der Waals surface area contributed by atoms with Crippen LogP contribution in [-0.2, 0) is 4.79 Å². The monoisotopic (exact) mass is 346 g/mol. The lowest BCUT2D eigenvalue weighted by Gasteiger charge is -2.59. The molecule has 8 atom stereocenters. The van der Waals surface area contributed by atoms with E-state index in [1.807, 2.05) is 6.08 Å². The first-order chi connectivity index (χ1) is 11.8. The van der Waals surface area contributed by atoms with Crippen LogP contribution in [0.2, 0.25) is 0 Å². The first-order valence-electron chi connectivity index (χ1n) is 10.3. The number of hydrogen-bond donors (Lipinski definition) is 2. The quantitative estimate of drug-likeness (QED) is 0.801. The molecule has 4 aliphatic carbocycles. The summed E-state index contributed by atoms with van der Waals surface area (Å²) in [5.41, 5.74) is 1.59. The summed E-state index contributed by atoms with van der Waals surface area (Å²) >= 11 is 0. The molecule has 0 spiro atoms. The molecule has 0 bridgehead atoms. The molecular weight excluding hydrogens is 312 g/mol. The Balaban J connectivity index is 1.68. The van der Waals surface area contributed by atoms with E-state index in [-0.39, 0.29) is 29.3 Å². The van der Waals surface area contributed by atoms with Gasteiger partial charge in [0.1, 0.15) is 0 Å². The Morgan fingerprint density at radius 2 is 1.96 bits per heavy atom. The van der Waals surface area contributed by atoms with Gasteiger partial charge >= 0.3 is 0 Å². The molecule has 3 nitrogen and oxygen atoms in total. The fourth-order valence-electron chi connectivity index (χ4n) is 7.63. The molecule has 0 aromatic rings. The average Bonchev–Trinajstić information content (AvgIpc) is 2.93. The highest BCUT2D eigenvalue weighted by Gasteiger charge is 2.61. The minimum Gasteiger partial charge on any atom is -0.396 e. The van der Waals surface area contributed by atoms with E-state index >= 15 is 0 Å². The minimum absolute atomic E-state index is 0.111. The molecular formula is C22H34O3. The highest BCUT2D eigenvalue weighted by atomic mass is 16.3. The predicted molar refractivity (Wildman–Crippen MR) is 97.8 cm³/mol. The van der Waals surface area contributed by atoms with Gasteiger partial charge in [0.2, 0.25) is 0 Å². The molecule has 4 aliphatic rings. The maximum atomic E-state index is 11.9.